The van der Waals surface area contributed by atoms with E-state index in [0.29, 0.717) is 10.8 Å². The second kappa shape index (κ2) is 4.09. The van der Waals surface area contributed by atoms with Gasteiger partial charge in [0.1, 0.15) is 0 Å². The molecule has 1 saturated carbocycles. The van der Waals surface area contributed by atoms with E-state index in [1.165, 1.54) is 37.8 Å². The minimum Gasteiger partial charge on any atom is -0.312 e. The Kier molecular flexibility index (Phi) is 2.78. The summed E-state index contributed by atoms with van der Waals surface area (Å²) in [5.74, 6) is 0. The lowest BCUT2D eigenvalue weighted by Gasteiger charge is -2.30. The van der Waals surface area contributed by atoms with Gasteiger partial charge in [-0.25, -0.2) is 0 Å². The van der Waals surface area contributed by atoms with E-state index in [1.807, 2.05) is 0 Å². The third-order valence-electron chi connectivity index (χ3n) is 4.97. The molecule has 0 aromatic heterocycles. The number of hydrogen-bond acceptors (Lipinski definition) is 1. The molecule has 1 spiro atoms. The number of fused-ring (bicyclic) bond motifs is 2. The van der Waals surface area contributed by atoms with E-state index < -0.39 is 0 Å². The maximum Gasteiger partial charge on any atom is 0.0208 e. The van der Waals surface area contributed by atoms with Crippen LogP contribution in [0.2, 0.25) is 0 Å². The summed E-state index contributed by atoms with van der Waals surface area (Å²) < 4.78 is 0. The van der Waals surface area contributed by atoms with Crippen LogP contribution in [0.25, 0.3) is 0 Å². The van der Waals surface area contributed by atoms with Gasteiger partial charge in [0, 0.05) is 18.5 Å². The Labute approximate surface area is 111 Å². The molecule has 1 heteroatoms. The van der Waals surface area contributed by atoms with Crippen molar-refractivity contribution in [1.82, 2.24) is 5.32 Å². The highest BCUT2D eigenvalue weighted by molar-refractivity contribution is 5.44. The molecule has 0 bridgehead atoms. The van der Waals surface area contributed by atoms with E-state index >= 15 is 0 Å². The Hall–Kier alpha value is -0.820. The number of hydrogen-bond donors (Lipinski definition) is 1. The monoisotopic (exact) mass is 243 g/mol. The van der Waals surface area contributed by atoms with Gasteiger partial charge in [-0.3, -0.25) is 0 Å². The normalized spacial score (nSPS) is 20.8. The average molecular weight is 243 g/mol. The van der Waals surface area contributed by atoms with E-state index in [-0.39, 0.29) is 0 Å². The quantitative estimate of drug-likeness (QED) is 0.849. The standard InChI is InChI=1S/C17H25N/c1-4-7-16(2,3)14-5-6-15-13(10-14)11-18-12-17(15)8-9-17/h5-6,10,18H,4,7-9,11-12H2,1-3H3. The van der Waals surface area contributed by atoms with E-state index in [9.17, 15) is 0 Å². The first-order valence-electron chi connectivity index (χ1n) is 7.42. The van der Waals surface area contributed by atoms with Crippen molar-refractivity contribution in [2.24, 2.45) is 0 Å². The largest absolute Gasteiger partial charge is 0.312 e. The number of benzene rings is 1. The van der Waals surface area contributed by atoms with Crippen LogP contribution in [-0.2, 0) is 17.4 Å². The van der Waals surface area contributed by atoms with Gasteiger partial charge in [0.2, 0.25) is 0 Å². The molecular weight excluding hydrogens is 218 g/mol. The van der Waals surface area contributed by atoms with E-state index in [1.54, 1.807) is 11.1 Å². The SMILES string of the molecule is CCCC(C)(C)c1ccc2c(c1)CNCC21CC1. The third-order valence-corrected chi connectivity index (χ3v) is 4.97. The summed E-state index contributed by atoms with van der Waals surface area (Å²) in [6.45, 7) is 9.29. The van der Waals surface area contributed by atoms with Gasteiger partial charge in [-0.1, -0.05) is 45.4 Å². The molecule has 0 amide bonds. The van der Waals surface area contributed by atoms with Crippen LogP contribution in [0, 0.1) is 0 Å². The van der Waals surface area contributed by atoms with Gasteiger partial charge in [0.15, 0.2) is 0 Å². The Bertz CT molecular complexity index is 455. The van der Waals surface area contributed by atoms with Crippen molar-refractivity contribution in [3.05, 3.63) is 34.9 Å². The smallest absolute Gasteiger partial charge is 0.0208 e. The maximum absolute atomic E-state index is 3.60. The molecule has 1 heterocycles. The molecule has 1 aliphatic heterocycles. The minimum absolute atomic E-state index is 0.317. The molecule has 1 fully saturated rings. The zero-order chi connectivity index (χ0) is 12.8. The highest BCUT2D eigenvalue weighted by atomic mass is 14.9. The lowest BCUT2D eigenvalue weighted by molar-refractivity contribution is 0.469. The first-order chi connectivity index (χ1) is 8.57. The second-order valence-electron chi connectivity index (χ2n) is 6.89. The van der Waals surface area contributed by atoms with Crippen LogP contribution in [0.15, 0.2) is 18.2 Å². The lowest BCUT2D eigenvalue weighted by Crippen LogP contribution is -2.33. The van der Waals surface area contributed by atoms with Crippen molar-refractivity contribution < 1.29 is 0 Å². The molecule has 2 aliphatic rings. The van der Waals surface area contributed by atoms with Crippen LogP contribution in [0.4, 0.5) is 0 Å². The van der Waals surface area contributed by atoms with E-state index in [4.69, 9.17) is 0 Å². The van der Waals surface area contributed by atoms with Crippen LogP contribution in [-0.4, -0.2) is 6.54 Å². The predicted molar refractivity (Wildman–Crippen MR) is 77.0 cm³/mol. The van der Waals surface area contributed by atoms with Crippen LogP contribution >= 0.6 is 0 Å². The highest BCUT2D eigenvalue weighted by Gasteiger charge is 2.46. The van der Waals surface area contributed by atoms with Crippen molar-refractivity contribution in [1.29, 1.82) is 0 Å². The Morgan fingerprint density at radius 1 is 1.28 bits per heavy atom. The molecule has 1 aliphatic carbocycles. The predicted octanol–water partition coefficient (Wildman–Crippen LogP) is 3.90. The molecule has 3 rings (SSSR count). The Morgan fingerprint density at radius 2 is 2.06 bits per heavy atom. The Morgan fingerprint density at radius 3 is 2.72 bits per heavy atom. The molecule has 0 atom stereocenters. The molecule has 1 nitrogen and oxygen atoms in total. The zero-order valence-electron chi connectivity index (χ0n) is 12.0. The van der Waals surface area contributed by atoms with E-state index in [2.05, 4.69) is 44.3 Å². The van der Waals surface area contributed by atoms with Gasteiger partial charge < -0.3 is 5.32 Å². The topological polar surface area (TPSA) is 12.0 Å². The molecule has 1 aromatic rings. The third kappa shape index (κ3) is 1.89. The zero-order valence-corrected chi connectivity index (χ0v) is 12.0. The summed E-state index contributed by atoms with van der Waals surface area (Å²) in [6.07, 6.45) is 5.28. The summed E-state index contributed by atoms with van der Waals surface area (Å²) >= 11 is 0. The summed E-state index contributed by atoms with van der Waals surface area (Å²) in [5.41, 5.74) is 5.54. The lowest BCUT2D eigenvalue weighted by atomic mass is 9.77. The second-order valence-corrected chi connectivity index (χ2v) is 6.89. The summed E-state index contributed by atoms with van der Waals surface area (Å²) in [6, 6.07) is 7.28. The molecule has 0 unspecified atom stereocenters. The Balaban J connectivity index is 1.96. The fourth-order valence-corrected chi connectivity index (χ4v) is 3.58. The molecule has 1 N–H and O–H groups in total. The number of nitrogens with one attached hydrogen (secondary N) is 1. The number of rotatable bonds is 3. The minimum atomic E-state index is 0.317. The van der Waals surface area contributed by atoms with Crippen LogP contribution < -0.4 is 5.32 Å². The fraction of sp³-hybridized carbons (Fsp3) is 0.647. The van der Waals surface area contributed by atoms with Gasteiger partial charge in [0.25, 0.3) is 0 Å². The molecule has 0 saturated heterocycles. The van der Waals surface area contributed by atoms with Crippen LogP contribution in [0.3, 0.4) is 0 Å². The van der Waals surface area contributed by atoms with Crippen LogP contribution in [0.5, 0.6) is 0 Å². The van der Waals surface area contributed by atoms with Crippen molar-refractivity contribution in [2.45, 2.75) is 63.8 Å². The summed E-state index contributed by atoms with van der Waals surface area (Å²) in [4.78, 5) is 0. The van der Waals surface area contributed by atoms with E-state index in [0.717, 1.165) is 6.54 Å². The average Bonchev–Trinajstić information content (AvgIpc) is 3.09. The first kappa shape index (κ1) is 12.2. The van der Waals surface area contributed by atoms with Gasteiger partial charge in [-0.15, -0.1) is 0 Å². The van der Waals surface area contributed by atoms with Crippen molar-refractivity contribution >= 4 is 0 Å². The van der Waals surface area contributed by atoms with Gasteiger partial charge in [-0.05, 0) is 41.4 Å². The molecule has 98 valence electrons. The van der Waals surface area contributed by atoms with Crippen molar-refractivity contribution in [3.8, 4) is 0 Å². The first-order valence-corrected chi connectivity index (χ1v) is 7.42. The van der Waals surface area contributed by atoms with Gasteiger partial charge >= 0.3 is 0 Å². The molecular formula is C17H25N. The van der Waals surface area contributed by atoms with Crippen LogP contribution in [0.1, 0.15) is 63.1 Å². The molecule has 18 heavy (non-hydrogen) atoms. The molecule has 1 aromatic carbocycles. The summed E-state index contributed by atoms with van der Waals surface area (Å²) in [5, 5.41) is 3.60. The highest BCUT2D eigenvalue weighted by Crippen LogP contribution is 2.50. The van der Waals surface area contributed by atoms with Crippen molar-refractivity contribution in [2.75, 3.05) is 6.54 Å². The maximum atomic E-state index is 3.60. The summed E-state index contributed by atoms with van der Waals surface area (Å²) in [7, 11) is 0. The fourth-order valence-electron chi connectivity index (χ4n) is 3.58. The van der Waals surface area contributed by atoms with Gasteiger partial charge in [-0.2, -0.15) is 0 Å². The van der Waals surface area contributed by atoms with Gasteiger partial charge in [0.05, 0.1) is 0 Å². The molecule has 0 radical (unpaired) electrons. The van der Waals surface area contributed by atoms with Crippen molar-refractivity contribution in [3.63, 3.8) is 0 Å².